The Morgan fingerprint density at radius 1 is 1.00 bits per heavy atom. The van der Waals surface area contributed by atoms with Crippen molar-refractivity contribution in [3.8, 4) is 23.7 Å². The lowest BCUT2D eigenvalue weighted by Gasteiger charge is -1.98. The van der Waals surface area contributed by atoms with E-state index < -0.39 is 24.3 Å². The Hall–Kier alpha value is -2.57. The molecule has 27 heavy (non-hydrogen) atoms. The van der Waals surface area contributed by atoms with Crippen LogP contribution in [0.3, 0.4) is 0 Å². The maximum absolute atomic E-state index is 10.3. The zero-order valence-electron chi connectivity index (χ0n) is 15.6. The van der Waals surface area contributed by atoms with E-state index in [9.17, 15) is 20.1 Å². The normalized spacial score (nSPS) is 14.8. The molecule has 0 fully saturated rings. The van der Waals surface area contributed by atoms with Gasteiger partial charge in [-0.2, -0.15) is 0 Å². The molecule has 3 atom stereocenters. The van der Waals surface area contributed by atoms with Gasteiger partial charge in [-0.25, -0.2) is 0 Å². The summed E-state index contributed by atoms with van der Waals surface area (Å²) in [4.78, 5) is 10.3. The number of aliphatic carboxylic acids is 1. The highest BCUT2D eigenvalue weighted by atomic mass is 16.4. The molecule has 0 aliphatic heterocycles. The highest BCUT2D eigenvalue weighted by molar-refractivity contribution is 5.66. The second-order valence-electron chi connectivity index (χ2n) is 5.62. The number of aliphatic hydroxyl groups excluding tert-OH is 3. The van der Waals surface area contributed by atoms with Crippen LogP contribution in [0.15, 0.2) is 48.6 Å². The Balaban J connectivity index is 4.10. The highest BCUT2D eigenvalue weighted by Crippen LogP contribution is 1.97. The van der Waals surface area contributed by atoms with E-state index in [2.05, 4.69) is 23.7 Å². The van der Waals surface area contributed by atoms with E-state index in [-0.39, 0.29) is 19.3 Å². The molecule has 0 aliphatic carbocycles. The van der Waals surface area contributed by atoms with Gasteiger partial charge in [-0.05, 0) is 37.5 Å². The van der Waals surface area contributed by atoms with Crippen LogP contribution >= 0.6 is 0 Å². The summed E-state index contributed by atoms with van der Waals surface area (Å²) in [5, 5.41) is 37.2. The Kier molecular flexibility index (Phi) is 15.3. The Bertz CT molecular complexity index is 650. The number of carboxylic acids is 1. The van der Waals surface area contributed by atoms with E-state index in [1.807, 2.05) is 19.1 Å². The third-order valence-electron chi connectivity index (χ3n) is 3.10. The summed E-state index contributed by atoms with van der Waals surface area (Å²) in [7, 11) is 0. The summed E-state index contributed by atoms with van der Waals surface area (Å²) >= 11 is 0. The molecule has 0 amide bonds. The number of hydrogen-bond acceptors (Lipinski definition) is 4. The predicted octanol–water partition coefficient (Wildman–Crippen LogP) is 2.36. The van der Waals surface area contributed by atoms with Gasteiger partial charge in [0.2, 0.25) is 0 Å². The second-order valence-corrected chi connectivity index (χ2v) is 5.62. The number of allylic oxidation sites excluding steroid dienone is 5. The topological polar surface area (TPSA) is 98.0 Å². The lowest BCUT2D eigenvalue weighted by molar-refractivity contribution is -0.137. The first kappa shape index (κ1) is 24.4. The minimum atomic E-state index is -0.970. The molecule has 0 aromatic rings. The first-order valence-corrected chi connectivity index (χ1v) is 8.86. The molecule has 0 unspecified atom stereocenters. The summed E-state index contributed by atoms with van der Waals surface area (Å²) < 4.78 is 0. The number of aliphatic hydroxyl groups is 3. The molecule has 0 rings (SSSR count). The van der Waals surface area contributed by atoms with Gasteiger partial charge in [-0.3, -0.25) is 4.79 Å². The van der Waals surface area contributed by atoms with Crippen LogP contribution in [-0.2, 0) is 4.79 Å². The monoisotopic (exact) mass is 372 g/mol. The Labute approximate surface area is 161 Å². The van der Waals surface area contributed by atoms with Crippen LogP contribution in [-0.4, -0.2) is 44.7 Å². The van der Waals surface area contributed by atoms with Crippen LogP contribution < -0.4 is 0 Å². The van der Waals surface area contributed by atoms with Crippen molar-refractivity contribution < 1.29 is 25.2 Å². The van der Waals surface area contributed by atoms with Crippen molar-refractivity contribution in [2.45, 2.75) is 57.3 Å². The third kappa shape index (κ3) is 18.0. The molecule has 0 spiro atoms. The van der Waals surface area contributed by atoms with Crippen molar-refractivity contribution in [2.24, 2.45) is 0 Å². The fraction of sp³-hybridized carbons (Fsp3) is 0.409. The van der Waals surface area contributed by atoms with Crippen molar-refractivity contribution in [3.05, 3.63) is 48.6 Å². The molecule has 0 saturated heterocycles. The number of rotatable bonds is 10. The van der Waals surface area contributed by atoms with Crippen molar-refractivity contribution in [1.29, 1.82) is 0 Å². The van der Waals surface area contributed by atoms with E-state index in [1.54, 1.807) is 30.4 Å². The molecule has 146 valence electrons. The second kappa shape index (κ2) is 16.9. The van der Waals surface area contributed by atoms with Gasteiger partial charge >= 0.3 is 5.97 Å². The zero-order chi connectivity index (χ0) is 20.3. The van der Waals surface area contributed by atoms with Gasteiger partial charge in [-0.15, -0.1) is 0 Å². The van der Waals surface area contributed by atoms with Crippen LogP contribution in [0.25, 0.3) is 0 Å². The predicted molar refractivity (Wildman–Crippen MR) is 107 cm³/mol. The molecular weight excluding hydrogens is 344 g/mol. The maximum atomic E-state index is 10.3. The number of carbonyl (C=O) groups is 1. The lowest BCUT2D eigenvalue weighted by atomic mass is 10.2. The van der Waals surface area contributed by atoms with E-state index in [1.165, 1.54) is 6.08 Å². The molecular formula is C22H28O5. The molecule has 0 aromatic heterocycles. The first-order chi connectivity index (χ1) is 13.0. The van der Waals surface area contributed by atoms with Crippen molar-refractivity contribution in [3.63, 3.8) is 0 Å². The van der Waals surface area contributed by atoms with Crippen molar-refractivity contribution in [1.82, 2.24) is 0 Å². The third-order valence-corrected chi connectivity index (χ3v) is 3.10. The fourth-order valence-corrected chi connectivity index (χ4v) is 1.70. The molecule has 0 aromatic carbocycles. The van der Waals surface area contributed by atoms with Gasteiger partial charge in [-0.1, -0.05) is 61.0 Å². The summed E-state index contributed by atoms with van der Waals surface area (Å²) in [6.45, 7) is 2.03. The number of carboxylic acid groups (broad SMARTS) is 1. The summed E-state index contributed by atoms with van der Waals surface area (Å²) in [5.74, 6) is 9.69. The molecule has 5 nitrogen and oxygen atoms in total. The van der Waals surface area contributed by atoms with Gasteiger partial charge in [0.1, 0.15) is 6.10 Å². The molecule has 0 aliphatic rings. The molecule has 0 bridgehead atoms. The highest BCUT2D eigenvalue weighted by Gasteiger charge is 2.02. The van der Waals surface area contributed by atoms with Gasteiger partial charge in [0, 0.05) is 12.8 Å². The fourth-order valence-electron chi connectivity index (χ4n) is 1.70. The average molecular weight is 372 g/mol. The summed E-state index contributed by atoms with van der Waals surface area (Å²) in [5.41, 5.74) is 0. The van der Waals surface area contributed by atoms with Gasteiger partial charge < -0.3 is 20.4 Å². The van der Waals surface area contributed by atoms with Gasteiger partial charge in [0.25, 0.3) is 0 Å². The van der Waals surface area contributed by atoms with E-state index in [0.717, 1.165) is 6.42 Å². The van der Waals surface area contributed by atoms with Crippen LogP contribution in [0.1, 0.15) is 39.0 Å². The quantitative estimate of drug-likeness (QED) is 0.268. The van der Waals surface area contributed by atoms with Crippen LogP contribution in [0.2, 0.25) is 0 Å². The minimum Gasteiger partial charge on any atom is -0.481 e. The van der Waals surface area contributed by atoms with E-state index in [0.29, 0.717) is 6.42 Å². The molecule has 0 heterocycles. The standard InChI is InChI=1S/C22H28O5/c1-2-3-7-12-19(23)14-10-6-11-15-20(24)13-8-4-5-9-16-21(25)17-18-22(26)27/h3-5,7-8,10,13-14,19-21,23-25H,2,12,15,17-18H2,1H3,(H,26,27)/b5-4+,7-3-,13-8+,14-10+/t19-,20+,21-/m1/s1. The molecule has 4 N–H and O–H groups in total. The molecule has 0 saturated carbocycles. The minimum absolute atomic E-state index is 0.0876. The number of hydrogen-bond donors (Lipinski definition) is 4. The lowest BCUT2D eigenvalue weighted by Crippen LogP contribution is -2.06. The maximum Gasteiger partial charge on any atom is 0.303 e. The summed E-state index contributed by atoms with van der Waals surface area (Å²) in [6, 6.07) is 0. The van der Waals surface area contributed by atoms with E-state index in [4.69, 9.17) is 5.11 Å². The van der Waals surface area contributed by atoms with Gasteiger partial charge in [0.15, 0.2) is 0 Å². The Morgan fingerprint density at radius 2 is 1.78 bits per heavy atom. The first-order valence-electron chi connectivity index (χ1n) is 8.86. The average Bonchev–Trinajstić information content (AvgIpc) is 2.62. The smallest absolute Gasteiger partial charge is 0.303 e. The van der Waals surface area contributed by atoms with Gasteiger partial charge in [0.05, 0.1) is 12.2 Å². The van der Waals surface area contributed by atoms with Crippen LogP contribution in [0, 0.1) is 23.7 Å². The summed E-state index contributed by atoms with van der Waals surface area (Å²) in [6.07, 6.45) is 12.9. The zero-order valence-corrected chi connectivity index (χ0v) is 15.6. The largest absolute Gasteiger partial charge is 0.481 e. The van der Waals surface area contributed by atoms with Crippen molar-refractivity contribution >= 4 is 5.97 Å². The molecule has 0 radical (unpaired) electrons. The van der Waals surface area contributed by atoms with Crippen molar-refractivity contribution in [2.75, 3.05) is 0 Å². The SMILES string of the molecule is CC/C=C\C[C@@H](O)/C=C/C#CC[C@@H](O)/C=C/C=C/C#C[C@@H](O)CCC(=O)O. The molecule has 5 heteroatoms. The van der Waals surface area contributed by atoms with Crippen LogP contribution in [0.5, 0.6) is 0 Å². The van der Waals surface area contributed by atoms with E-state index >= 15 is 0 Å². The Morgan fingerprint density at radius 3 is 2.48 bits per heavy atom. The van der Waals surface area contributed by atoms with Crippen LogP contribution in [0.4, 0.5) is 0 Å².